The summed E-state index contributed by atoms with van der Waals surface area (Å²) in [4.78, 5) is 8.21. The molecule has 1 N–H and O–H groups in total. The molecule has 4 nitrogen and oxygen atoms in total. The van der Waals surface area contributed by atoms with Crippen molar-refractivity contribution in [3.63, 3.8) is 0 Å². The molecule has 1 heterocycles. The van der Waals surface area contributed by atoms with E-state index in [1.165, 1.54) is 13.4 Å². The minimum absolute atomic E-state index is 0.208. The molecule has 1 aromatic carbocycles. The number of methoxy groups -OCH3 is 1. The lowest BCUT2D eigenvalue weighted by Crippen LogP contribution is -2.02. The zero-order valence-electron chi connectivity index (χ0n) is 11.0. The second-order valence-electron chi connectivity index (χ2n) is 4.04. The highest BCUT2D eigenvalue weighted by atomic mass is 19.1. The maximum atomic E-state index is 14.1. The van der Waals surface area contributed by atoms with Gasteiger partial charge in [0.25, 0.3) is 0 Å². The summed E-state index contributed by atoms with van der Waals surface area (Å²) < 4.78 is 19.1. The summed E-state index contributed by atoms with van der Waals surface area (Å²) in [6.07, 6.45) is 2.42. The van der Waals surface area contributed by atoms with Crippen LogP contribution >= 0.6 is 0 Å². The zero-order valence-corrected chi connectivity index (χ0v) is 11.0. The van der Waals surface area contributed by atoms with Crippen LogP contribution in [0.25, 0.3) is 11.3 Å². The molecule has 0 saturated heterocycles. The van der Waals surface area contributed by atoms with Crippen molar-refractivity contribution in [2.24, 2.45) is 0 Å². The van der Waals surface area contributed by atoms with E-state index in [0.29, 0.717) is 17.1 Å². The highest BCUT2D eigenvalue weighted by Crippen LogP contribution is 2.28. The molecule has 0 amide bonds. The van der Waals surface area contributed by atoms with Crippen molar-refractivity contribution in [1.82, 2.24) is 9.97 Å². The average molecular weight is 261 g/mol. The lowest BCUT2D eigenvalue weighted by atomic mass is 10.1. The van der Waals surface area contributed by atoms with Crippen molar-refractivity contribution in [2.45, 2.75) is 13.3 Å². The molecule has 0 atom stereocenters. The van der Waals surface area contributed by atoms with E-state index in [-0.39, 0.29) is 5.75 Å². The lowest BCUT2D eigenvalue weighted by Gasteiger charge is -2.08. The Hall–Kier alpha value is -2.17. The molecule has 2 rings (SSSR count). The molecule has 0 spiro atoms. The molecular formula is C14H16FN3O. The van der Waals surface area contributed by atoms with E-state index in [9.17, 15) is 4.39 Å². The summed E-state index contributed by atoms with van der Waals surface area (Å²) in [5, 5.41) is 3.15. The predicted molar refractivity (Wildman–Crippen MR) is 72.8 cm³/mol. The van der Waals surface area contributed by atoms with Gasteiger partial charge in [0, 0.05) is 18.2 Å². The first-order valence-electron chi connectivity index (χ1n) is 6.15. The van der Waals surface area contributed by atoms with Crippen molar-refractivity contribution < 1.29 is 9.13 Å². The number of hydrogen-bond acceptors (Lipinski definition) is 4. The third-order valence-electron chi connectivity index (χ3n) is 2.68. The van der Waals surface area contributed by atoms with Crippen LogP contribution in [0.2, 0.25) is 0 Å². The average Bonchev–Trinajstić information content (AvgIpc) is 2.45. The van der Waals surface area contributed by atoms with E-state index in [1.807, 2.05) is 0 Å². The van der Waals surface area contributed by atoms with E-state index in [4.69, 9.17) is 4.74 Å². The number of benzene rings is 1. The molecule has 0 radical (unpaired) electrons. The van der Waals surface area contributed by atoms with Crippen LogP contribution in [-0.2, 0) is 0 Å². The fourth-order valence-corrected chi connectivity index (χ4v) is 1.72. The van der Waals surface area contributed by atoms with E-state index in [2.05, 4.69) is 22.2 Å². The maximum Gasteiger partial charge on any atom is 0.174 e. The molecule has 1 aromatic heterocycles. The number of halogens is 1. The number of hydrogen-bond donors (Lipinski definition) is 1. The third-order valence-corrected chi connectivity index (χ3v) is 2.68. The van der Waals surface area contributed by atoms with Gasteiger partial charge in [0.05, 0.1) is 12.8 Å². The normalized spacial score (nSPS) is 10.3. The number of anilines is 1. The van der Waals surface area contributed by atoms with Gasteiger partial charge in [0.15, 0.2) is 11.6 Å². The SMILES string of the molecule is CCCNc1cc(-c2cccc(OC)c2F)ncn1. The Morgan fingerprint density at radius 1 is 1.32 bits per heavy atom. The van der Waals surface area contributed by atoms with Gasteiger partial charge in [-0.1, -0.05) is 13.0 Å². The second-order valence-corrected chi connectivity index (χ2v) is 4.04. The Kier molecular flexibility index (Phi) is 4.28. The van der Waals surface area contributed by atoms with E-state index in [0.717, 1.165) is 13.0 Å². The van der Waals surface area contributed by atoms with Gasteiger partial charge >= 0.3 is 0 Å². The smallest absolute Gasteiger partial charge is 0.174 e. The fourth-order valence-electron chi connectivity index (χ4n) is 1.72. The fraction of sp³-hybridized carbons (Fsp3) is 0.286. The van der Waals surface area contributed by atoms with Crippen molar-refractivity contribution in [3.05, 3.63) is 36.4 Å². The number of nitrogens with zero attached hydrogens (tertiary/aromatic N) is 2. The molecule has 0 aliphatic rings. The molecule has 0 unspecified atom stereocenters. The Morgan fingerprint density at radius 2 is 2.16 bits per heavy atom. The largest absolute Gasteiger partial charge is 0.494 e. The monoisotopic (exact) mass is 261 g/mol. The van der Waals surface area contributed by atoms with Gasteiger partial charge < -0.3 is 10.1 Å². The molecule has 0 saturated carbocycles. The van der Waals surface area contributed by atoms with Crippen molar-refractivity contribution in [3.8, 4) is 17.0 Å². The summed E-state index contributed by atoms with van der Waals surface area (Å²) in [5.74, 6) is 0.485. The number of nitrogens with one attached hydrogen (secondary N) is 1. The van der Waals surface area contributed by atoms with Crippen LogP contribution in [0.1, 0.15) is 13.3 Å². The van der Waals surface area contributed by atoms with Crippen LogP contribution in [0.5, 0.6) is 5.75 Å². The Morgan fingerprint density at radius 3 is 2.89 bits per heavy atom. The Balaban J connectivity index is 2.36. The van der Waals surface area contributed by atoms with Crippen LogP contribution in [0.4, 0.5) is 10.2 Å². The highest BCUT2D eigenvalue weighted by molar-refractivity contribution is 5.64. The van der Waals surface area contributed by atoms with E-state index < -0.39 is 5.82 Å². The van der Waals surface area contributed by atoms with E-state index >= 15 is 0 Å². The van der Waals surface area contributed by atoms with Crippen LogP contribution < -0.4 is 10.1 Å². The van der Waals surface area contributed by atoms with Gasteiger partial charge in [-0.2, -0.15) is 0 Å². The summed E-state index contributed by atoms with van der Waals surface area (Å²) in [6.45, 7) is 2.88. The molecule has 5 heteroatoms. The maximum absolute atomic E-state index is 14.1. The van der Waals surface area contributed by atoms with Crippen molar-refractivity contribution in [1.29, 1.82) is 0 Å². The van der Waals surface area contributed by atoms with Crippen molar-refractivity contribution in [2.75, 3.05) is 19.0 Å². The predicted octanol–water partition coefficient (Wildman–Crippen LogP) is 3.11. The first-order chi connectivity index (χ1) is 9.26. The minimum Gasteiger partial charge on any atom is -0.494 e. The van der Waals surface area contributed by atoms with Crippen LogP contribution in [0.3, 0.4) is 0 Å². The molecule has 19 heavy (non-hydrogen) atoms. The standard InChI is InChI=1S/C14H16FN3O/c1-3-7-16-13-8-11(17-9-18-13)10-5-4-6-12(19-2)14(10)15/h4-6,8-9H,3,7H2,1-2H3,(H,16,17,18). The number of rotatable bonds is 5. The van der Waals surface area contributed by atoms with Gasteiger partial charge in [-0.05, 0) is 18.6 Å². The van der Waals surface area contributed by atoms with Crippen LogP contribution in [0, 0.1) is 5.82 Å². The zero-order chi connectivity index (χ0) is 13.7. The second kappa shape index (κ2) is 6.13. The van der Waals surface area contributed by atoms with Gasteiger partial charge in [-0.15, -0.1) is 0 Å². The molecule has 0 fully saturated rings. The first kappa shape index (κ1) is 13.3. The Bertz CT molecular complexity index is 560. The van der Waals surface area contributed by atoms with Crippen molar-refractivity contribution >= 4 is 5.82 Å². The summed E-state index contributed by atoms with van der Waals surface area (Å²) in [5.41, 5.74) is 0.936. The summed E-state index contributed by atoms with van der Waals surface area (Å²) in [7, 11) is 1.44. The minimum atomic E-state index is -0.412. The number of aromatic nitrogens is 2. The molecule has 0 aliphatic carbocycles. The summed E-state index contributed by atoms with van der Waals surface area (Å²) >= 11 is 0. The number of ether oxygens (including phenoxy) is 1. The molecule has 0 aliphatic heterocycles. The van der Waals surface area contributed by atoms with Gasteiger partial charge in [0.2, 0.25) is 0 Å². The Labute approximate surface area is 111 Å². The van der Waals surface area contributed by atoms with Gasteiger partial charge in [-0.3, -0.25) is 0 Å². The van der Waals surface area contributed by atoms with Gasteiger partial charge in [0.1, 0.15) is 12.1 Å². The lowest BCUT2D eigenvalue weighted by molar-refractivity contribution is 0.387. The molecule has 2 aromatic rings. The van der Waals surface area contributed by atoms with Crippen LogP contribution in [-0.4, -0.2) is 23.6 Å². The first-order valence-corrected chi connectivity index (χ1v) is 6.15. The van der Waals surface area contributed by atoms with Gasteiger partial charge in [-0.25, -0.2) is 14.4 Å². The molecule has 0 bridgehead atoms. The topological polar surface area (TPSA) is 47.0 Å². The quantitative estimate of drug-likeness (QED) is 0.898. The molecule has 100 valence electrons. The molecular weight excluding hydrogens is 245 g/mol. The van der Waals surface area contributed by atoms with E-state index in [1.54, 1.807) is 24.3 Å². The highest BCUT2D eigenvalue weighted by Gasteiger charge is 2.11. The summed E-state index contributed by atoms with van der Waals surface area (Å²) in [6, 6.07) is 6.71. The van der Waals surface area contributed by atoms with Crippen LogP contribution in [0.15, 0.2) is 30.6 Å². The third kappa shape index (κ3) is 2.99.